The van der Waals surface area contributed by atoms with Crippen LogP contribution in [0.3, 0.4) is 0 Å². The van der Waals surface area contributed by atoms with Gasteiger partial charge in [-0.3, -0.25) is 47.9 Å². The van der Waals surface area contributed by atoms with Crippen LogP contribution in [0.2, 0.25) is 0 Å². The Hall–Kier alpha value is -8.46. The number of aromatic nitrogens is 2. The molecule has 81 heavy (non-hydrogen) atoms. The largest absolute Gasteiger partial charge is 0.508 e. The molecule has 0 radical (unpaired) electrons. The molecule has 14 N–H and O–H groups in total. The Balaban J connectivity index is 1.08. The number of primary amides is 1. The number of carbonyl (C=O) groups is 11. The second-order valence-electron chi connectivity index (χ2n) is 20.6. The van der Waals surface area contributed by atoms with E-state index in [4.69, 9.17) is 11.5 Å². The standard InChI is InChI=1S/C54H73N13O14/c1-3-30(2)45(51(77)61-36(24-33-26-57-29-59-33)46(72)60-37(25-43(56)70)47(73)63-39(28-68)54(80)81)64-50(76)41-13-7-19-65(41)44(71)27-58-48(74)40-12-8-21-67(40)53(79)38(23-31-10-5-4-6-11-31)62-49(75)42-14-9-20-66(42)52(78)35(55)22-32-15-17-34(69)18-16-32/h4-6,10-11,15-18,26,29-30,35-42,45,68-69H,3,7-9,12-14,19-25,27-28,55H2,1-2H3,(H2,56,70)(H,57,59)(H,58,74)(H,60,72)(H,61,77)(H,62,75)(H,63,73)(H,64,76)(H,80,81)/t30-,35-,36-,37-,38-,39-,40-,41-,42-,45-/m0/s1. The Morgan fingerprint density at radius 1 is 0.667 bits per heavy atom. The molecule has 3 aliphatic heterocycles. The van der Waals surface area contributed by atoms with Gasteiger partial charge in [-0.15, -0.1) is 0 Å². The number of phenols is 1. The Morgan fingerprint density at radius 3 is 1.81 bits per heavy atom. The summed E-state index contributed by atoms with van der Waals surface area (Å²) in [5, 5.41) is 43.6. The zero-order valence-corrected chi connectivity index (χ0v) is 45.2. The maximum Gasteiger partial charge on any atom is 0.328 e. The van der Waals surface area contributed by atoms with Crippen molar-refractivity contribution in [3.63, 3.8) is 0 Å². The summed E-state index contributed by atoms with van der Waals surface area (Å²) in [6, 6.07) is 3.87. The van der Waals surface area contributed by atoms with E-state index in [9.17, 15) is 68.1 Å². The van der Waals surface area contributed by atoms with E-state index in [0.29, 0.717) is 37.8 Å². The van der Waals surface area contributed by atoms with E-state index in [0.717, 1.165) is 11.1 Å². The topological polar surface area (TPSA) is 411 Å². The molecule has 0 saturated carbocycles. The van der Waals surface area contributed by atoms with E-state index in [1.807, 2.05) is 5.32 Å². The summed E-state index contributed by atoms with van der Waals surface area (Å²) in [6.45, 7) is 2.47. The minimum Gasteiger partial charge on any atom is -0.508 e. The van der Waals surface area contributed by atoms with E-state index < -0.39 is 145 Å². The number of hydrogen-bond acceptors (Lipinski definition) is 15. The van der Waals surface area contributed by atoms with Gasteiger partial charge >= 0.3 is 5.97 Å². The number of hydrogen-bond donors (Lipinski definition) is 12. The van der Waals surface area contributed by atoms with Gasteiger partial charge in [0.15, 0.2) is 0 Å². The van der Waals surface area contributed by atoms with Gasteiger partial charge in [0.1, 0.15) is 54.1 Å². The number of aliphatic hydroxyl groups is 1. The third-order valence-corrected chi connectivity index (χ3v) is 14.8. The number of aromatic hydroxyl groups is 1. The van der Waals surface area contributed by atoms with E-state index in [1.54, 1.807) is 56.3 Å². The average molecular weight is 1130 g/mol. The van der Waals surface area contributed by atoms with Crippen molar-refractivity contribution in [3.05, 3.63) is 83.9 Å². The first kappa shape index (κ1) is 61.7. The number of benzene rings is 2. The van der Waals surface area contributed by atoms with Gasteiger partial charge in [0.25, 0.3) is 0 Å². The molecule has 6 rings (SSSR count). The molecule has 10 amide bonds. The highest BCUT2D eigenvalue weighted by molar-refractivity contribution is 5.99. The number of carboxylic acid groups (broad SMARTS) is 1. The first-order chi connectivity index (χ1) is 38.7. The molecule has 0 spiro atoms. The zero-order valence-electron chi connectivity index (χ0n) is 45.2. The van der Waals surface area contributed by atoms with Crippen molar-refractivity contribution in [1.82, 2.24) is 56.6 Å². The first-order valence-corrected chi connectivity index (χ1v) is 27.1. The number of aromatic amines is 1. The number of carboxylic acids is 1. The van der Waals surface area contributed by atoms with E-state index in [1.165, 1.54) is 39.4 Å². The predicted octanol–water partition coefficient (Wildman–Crippen LogP) is -3.02. The molecule has 10 atom stereocenters. The predicted molar refractivity (Wildman–Crippen MR) is 287 cm³/mol. The summed E-state index contributed by atoms with van der Waals surface area (Å²) in [7, 11) is 0. The van der Waals surface area contributed by atoms with Gasteiger partial charge in [-0.1, -0.05) is 62.7 Å². The lowest BCUT2D eigenvalue weighted by Crippen LogP contribution is -2.60. The van der Waals surface area contributed by atoms with Crippen molar-refractivity contribution < 1.29 is 68.1 Å². The smallest absolute Gasteiger partial charge is 0.328 e. The van der Waals surface area contributed by atoms with Gasteiger partial charge in [0, 0.05) is 44.4 Å². The third kappa shape index (κ3) is 16.8. The highest BCUT2D eigenvalue weighted by atomic mass is 16.4. The molecular weight excluding hydrogens is 1050 g/mol. The van der Waals surface area contributed by atoms with E-state index in [2.05, 4.69) is 36.6 Å². The van der Waals surface area contributed by atoms with Gasteiger partial charge < -0.3 is 78.4 Å². The number of nitrogens with zero attached hydrogens (tertiary/aromatic N) is 4. The molecule has 1 aromatic heterocycles. The summed E-state index contributed by atoms with van der Waals surface area (Å²) >= 11 is 0. The van der Waals surface area contributed by atoms with Crippen LogP contribution in [0.1, 0.15) is 82.0 Å². The third-order valence-electron chi connectivity index (χ3n) is 14.8. The number of carbonyl (C=O) groups excluding carboxylic acids is 10. The summed E-state index contributed by atoms with van der Waals surface area (Å²) in [4.78, 5) is 160. The van der Waals surface area contributed by atoms with Crippen molar-refractivity contribution >= 4 is 65.0 Å². The quantitative estimate of drug-likeness (QED) is 0.0362. The molecule has 438 valence electrons. The van der Waals surface area contributed by atoms with Crippen LogP contribution in [-0.2, 0) is 72.0 Å². The van der Waals surface area contributed by atoms with Crippen molar-refractivity contribution in [3.8, 4) is 5.75 Å². The summed E-state index contributed by atoms with van der Waals surface area (Å²) in [5.41, 5.74) is 13.5. The molecular formula is C54H73N13O14. The number of aliphatic hydroxyl groups excluding tert-OH is 1. The van der Waals surface area contributed by atoms with Gasteiger partial charge in [-0.2, -0.15) is 0 Å². The van der Waals surface area contributed by atoms with Gasteiger partial charge in [0.05, 0.1) is 31.9 Å². The maximum atomic E-state index is 14.5. The Bertz CT molecular complexity index is 2730. The Labute approximate surface area is 467 Å². The SMILES string of the molecule is CC[C@H](C)[C@H](NC(=O)[C@@H]1CCCN1C(=O)CNC(=O)[C@@H]1CCCN1C(=O)[C@H](Cc1ccccc1)NC(=O)[C@@H]1CCCN1C(=O)[C@@H](N)Cc1ccc(O)cc1)C(=O)N[C@@H](Cc1cnc[nH]1)C(=O)N[C@@H](CC(N)=O)C(=O)N[C@@H](CO)C(=O)O. The minimum absolute atomic E-state index is 0.0654. The van der Waals surface area contributed by atoms with Crippen LogP contribution in [0, 0.1) is 5.92 Å². The van der Waals surface area contributed by atoms with Crippen molar-refractivity contribution in [2.75, 3.05) is 32.8 Å². The monoisotopic (exact) mass is 1130 g/mol. The molecule has 0 unspecified atom stereocenters. The van der Waals surface area contributed by atoms with E-state index >= 15 is 0 Å². The van der Waals surface area contributed by atoms with Crippen LogP contribution in [-0.4, -0.2) is 192 Å². The Kier molecular flexibility index (Phi) is 22.2. The average Bonchev–Trinajstić information content (AvgIpc) is 4.51. The fourth-order valence-electron chi connectivity index (χ4n) is 10.2. The number of amides is 10. The number of rotatable bonds is 27. The number of H-pyrrole nitrogens is 1. The van der Waals surface area contributed by atoms with Gasteiger partial charge in [-0.05, 0) is 74.1 Å². The van der Waals surface area contributed by atoms with Crippen molar-refractivity contribution in [1.29, 1.82) is 0 Å². The van der Waals surface area contributed by atoms with Crippen LogP contribution in [0.5, 0.6) is 5.75 Å². The van der Waals surface area contributed by atoms with Crippen molar-refractivity contribution in [2.24, 2.45) is 17.4 Å². The lowest BCUT2D eigenvalue weighted by molar-refractivity contribution is -0.144. The molecule has 3 aromatic rings. The summed E-state index contributed by atoms with van der Waals surface area (Å²) in [6.07, 6.45) is 4.40. The number of nitrogens with two attached hydrogens (primary N) is 2. The van der Waals surface area contributed by atoms with E-state index in [-0.39, 0.29) is 57.5 Å². The fraction of sp³-hybridized carbons (Fsp3) is 0.519. The molecule has 3 aliphatic rings. The number of imidazole rings is 1. The number of likely N-dealkylation sites (tertiary alicyclic amines) is 3. The van der Waals surface area contributed by atoms with Crippen LogP contribution in [0.15, 0.2) is 67.1 Å². The molecule has 27 heteroatoms. The van der Waals surface area contributed by atoms with Crippen LogP contribution < -0.4 is 43.4 Å². The lowest BCUT2D eigenvalue weighted by atomic mass is 9.97. The summed E-state index contributed by atoms with van der Waals surface area (Å²) in [5.74, 6) is -9.60. The van der Waals surface area contributed by atoms with Crippen molar-refractivity contribution in [2.45, 2.75) is 139 Å². The fourth-order valence-corrected chi connectivity index (χ4v) is 10.2. The molecule has 3 fully saturated rings. The highest BCUT2D eigenvalue weighted by Gasteiger charge is 2.43. The second kappa shape index (κ2) is 29.1. The Morgan fingerprint density at radius 2 is 1.22 bits per heavy atom. The van der Waals surface area contributed by atoms with Crippen LogP contribution >= 0.6 is 0 Å². The number of aliphatic carboxylic acids is 1. The molecule has 2 aromatic carbocycles. The molecule has 0 bridgehead atoms. The first-order valence-electron chi connectivity index (χ1n) is 27.1. The molecule has 3 saturated heterocycles. The number of phenolic OH excluding ortho intramolecular Hbond substituents is 1. The molecule has 0 aliphatic carbocycles. The summed E-state index contributed by atoms with van der Waals surface area (Å²) < 4.78 is 0. The van der Waals surface area contributed by atoms with Crippen LogP contribution in [0.4, 0.5) is 0 Å². The number of nitrogens with one attached hydrogen (secondary N) is 7. The highest BCUT2D eigenvalue weighted by Crippen LogP contribution is 2.24. The second-order valence-corrected chi connectivity index (χ2v) is 20.6. The zero-order chi connectivity index (χ0) is 58.9. The normalized spacial score (nSPS) is 19.4. The maximum absolute atomic E-state index is 14.5. The van der Waals surface area contributed by atoms with Crippen LogP contribution in [0.25, 0.3) is 0 Å². The molecule has 4 heterocycles. The van der Waals surface area contributed by atoms with Gasteiger partial charge in [0.2, 0.25) is 59.1 Å². The molecule has 27 nitrogen and oxygen atoms in total. The minimum atomic E-state index is -1.78. The van der Waals surface area contributed by atoms with Gasteiger partial charge in [-0.25, -0.2) is 9.78 Å². The lowest BCUT2D eigenvalue weighted by Gasteiger charge is -2.31.